The number of hydrogen-bond donors (Lipinski definition) is 0. The van der Waals surface area contributed by atoms with E-state index in [4.69, 9.17) is 0 Å². The number of halogens is 1. The molecule has 52 valence electrons. The van der Waals surface area contributed by atoms with Gasteiger partial charge in [0.05, 0.1) is 6.67 Å². The summed E-state index contributed by atoms with van der Waals surface area (Å²) in [7, 11) is 4.15. The molecule has 1 heterocycles. The van der Waals surface area contributed by atoms with E-state index in [-0.39, 0.29) is 0 Å². The first kappa shape index (κ1) is 6.93. The summed E-state index contributed by atoms with van der Waals surface area (Å²) in [5.41, 5.74) is 1.30. The third-order valence-corrected chi connectivity index (χ3v) is 2.81. The largest absolute Gasteiger partial charge is 0.358 e. The zero-order valence-corrected chi connectivity index (χ0v) is 7.57. The Balaban J connectivity index is 2.79. The Kier molecular flexibility index (Phi) is 1.70. The second-order valence-corrected chi connectivity index (χ2v) is 3.16. The van der Waals surface area contributed by atoms with Crippen LogP contribution in [-0.2, 0) is 0 Å². The molecule has 2 nitrogen and oxygen atoms in total. The maximum atomic E-state index is 3.47. The number of hydrogen-bond acceptors (Lipinski definition) is 2. The molecule has 0 saturated heterocycles. The minimum Gasteiger partial charge on any atom is -0.358 e. The standard InChI is InChI=1S/C6H11BrN2/c1-5-6(7)9(3)4-8(5)2/h4H2,1-3H3. The van der Waals surface area contributed by atoms with E-state index in [1.54, 1.807) is 0 Å². The molecule has 0 atom stereocenters. The van der Waals surface area contributed by atoms with Crippen LogP contribution in [-0.4, -0.2) is 30.6 Å². The molecule has 0 amide bonds. The molecule has 0 saturated carbocycles. The lowest BCUT2D eigenvalue weighted by Crippen LogP contribution is -2.20. The fourth-order valence-corrected chi connectivity index (χ4v) is 1.33. The average Bonchev–Trinajstić information content (AvgIpc) is 1.98. The highest BCUT2D eigenvalue weighted by molar-refractivity contribution is 9.11. The van der Waals surface area contributed by atoms with Gasteiger partial charge in [0.25, 0.3) is 0 Å². The molecule has 9 heavy (non-hydrogen) atoms. The van der Waals surface area contributed by atoms with E-state index in [2.05, 4.69) is 46.7 Å². The summed E-state index contributed by atoms with van der Waals surface area (Å²) in [5.74, 6) is 0. The zero-order chi connectivity index (χ0) is 7.02. The van der Waals surface area contributed by atoms with Crippen molar-refractivity contribution in [3.05, 3.63) is 10.3 Å². The molecule has 0 bridgehead atoms. The van der Waals surface area contributed by atoms with Crippen molar-refractivity contribution in [3.63, 3.8) is 0 Å². The van der Waals surface area contributed by atoms with Gasteiger partial charge in [-0.15, -0.1) is 0 Å². The quantitative estimate of drug-likeness (QED) is 0.534. The van der Waals surface area contributed by atoms with Crippen molar-refractivity contribution >= 4 is 15.9 Å². The predicted molar refractivity (Wildman–Crippen MR) is 42.0 cm³/mol. The van der Waals surface area contributed by atoms with Crippen LogP contribution in [0.5, 0.6) is 0 Å². The van der Waals surface area contributed by atoms with Crippen molar-refractivity contribution in [3.8, 4) is 0 Å². The lowest BCUT2D eigenvalue weighted by molar-refractivity contribution is 0.326. The van der Waals surface area contributed by atoms with Crippen molar-refractivity contribution in [1.29, 1.82) is 0 Å². The van der Waals surface area contributed by atoms with Crippen LogP contribution < -0.4 is 0 Å². The molecule has 0 aromatic rings. The van der Waals surface area contributed by atoms with E-state index < -0.39 is 0 Å². The van der Waals surface area contributed by atoms with Gasteiger partial charge in [0.2, 0.25) is 0 Å². The fourth-order valence-electron chi connectivity index (χ4n) is 0.920. The smallest absolute Gasteiger partial charge is 0.101 e. The lowest BCUT2D eigenvalue weighted by Gasteiger charge is -2.13. The molecule has 1 rings (SSSR count). The Labute approximate surface area is 64.3 Å². The Hall–Kier alpha value is -0.180. The third kappa shape index (κ3) is 1.06. The zero-order valence-electron chi connectivity index (χ0n) is 5.98. The number of allylic oxidation sites excluding steroid dienone is 1. The first-order valence-corrected chi connectivity index (χ1v) is 3.71. The van der Waals surface area contributed by atoms with Crippen molar-refractivity contribution in [2.75, 3.05) is 20.8 Å². The van der Waals surface area contributed by atoms with Gasteiger partial charge < -0.3 is 9.80 Å². The van der Waals surface area contributed by atoms with E-state index in [1.165, 1.54) is 10.3 Å². The van der Waals surface area contributed by atoms with Gasteiger partial charge >= 0.3 is 0 Å². The second-order valence-electron chi connectivity index (χ2n) is 2.41. The topological polar surface area (TPSA) is 6.48 Å². The highest BCUT2D eigenvalue weighted by atomic mass is 79.9. The molecule has 0 spiro atoms. The Morgan fingerprint density at radius 1 is 1.33 bits per heavy atom. The monoisotopic (exact) mass is 190 g/mol. The molecule has 0 aromatic carbocycles. The SMILES string of the molecule is CC1=C(Br)N(C)CN1C. The Morgan fingerprint density at radius 3 is 2.00 bits per heavy atom. The highest BCUT2D eigenvalue weighted by Crippen LogP contribution is 2.24. The maximum Gasteiger partial charge on any atom is 0.101 e. The van der Waals surface area contributed by atoms with E-state index in [0.717, 1.165) is 6.67 Å². The van der Waals surface area contributed by atoms with Crippen LogP contribution >= 0.6 is 15.9 Å². The highest BCUT2D eigenvalue weighted by Gasteiger charge is 2.16. The fraction of sp³-hybridized carbons (Fsp3) is 0.667. The first-order valence-electron chi connectivity index (χ1n) is 2.91. The average molecular weight is 191 g/mol. The van der Waals surface area contributed by atoms with Crippen LogP contribution in [0, 0.1) is 0 Å². The normalized spacial score (nSPS) is 20.0. The molecule has 3 heteroatoms. The molecule has 1 aliphatic heterocycles. The minimum atomic E-state index is 0.992. The van der Waals surface area contributed by atoms with Gasteiger partial charge in [0, 0.05) is 19.8 Å². The van der Waals surface area contributed by atoms with Gasteiger partial charge in [0.1, 0.15) is 4.61 Å². The van der Waals surface area contributed by atoms with Gasteiger partial charge in [-0.1, -0.05) is 0 Å². The molecule has 1 aliphatic rings. The summed E-state index contributed by atoms with van der Waals surface area (Å²) < 4.78 is 1.20. The molecule has 0 unspecified atom stereocenters. The van der Waals surface area contributed by atoms with Crippen LogP contribution in [0.1, 0.15) is 6.92 Å². The van der Waals surface area contributed by atoms with E-state index >= 15 is 0 Å². The summed E-state index contributed by atoms with van der Waals surface area (Å²) in [5, 5.41) is 0. The molecule has 0 radical (unpaired) electrons. The lowest BCUT2D eigenvalue weighted by atomic mass is 10.5. The van der Waals surface area contributed by atoms with Gasteiger partial charge in [-0.25, -0.2) is 0 Å². The van der Waals surface area contributed by atoms with Gasteiger partial charge in [-0.3, -0.25) is 0 Å². The van der Waals surface area contributed by atoms with Crippen LogP contribution in [0.15, 0.2) is 10.3 Å². The summed E-state index contributed by atoms with van der Waals surface area (Å²) in [6.45, 7) is 3.10. The van der Waals surface area contributed by atoms with Crippen LogP contribution in [0.2, 0.25) is 0 Å². The second kappa shape index (κ2) is 2.21. The van der Waals surface area contributed by atoms with Gasteiger partial charge in [-0.2, -0.15) is 0 Å². The predicted octanol–water partition coefficient (Wildman–Crippen LogP) is 1.41. The van der Waals surface area contributed by atoms with Crippen molar-refractivity contribution in [2.45, 2.75) is 6.92 Å². The van der Waals surface area contributed by atoms with Gasteiger partial charge in [-0.05, 0) is 22.9 Å². The van der Waals surface area contributed by atoms with Crippen LogP contribution in [0.3, 0.4) is 0 Å². The van der Waals surface area contributed by atoms with Crippen LogP contribution in [0.4, 0.5) is 0 Å². The first-order chi connectivity index (χ1) is 4.13. The van der Waals surface area contributed by atoms with Crippen LogP contribution in [0.25, 0.3) is 0 Å². The summed E-state index contributed by atoms with van der Waals surface area (Å²) in [4.78, 5) is 4.36. The summed E-state index contributed by atoms with van der Waals surface area (Å²) >= 11 is 3.47. The van der Waals surface area contributed by atoms with E-state index in [0.29, 0.717) is 0 Å². The molecule has 0 aromatic heterocycles. The van der Waals surface area contributed by atoms with Crippen molar-refractivity contribution < 1.29 is 0 Å². The minimum absolute atomic E-state index is 0.992. The number of nitrogens with zero attached hydrogens (tertiary/aromatic N) is 2. The molecule has 0 fully saturated rings. The summed E-state index contributed by atoms with van der Waals surface area (Å²) in [6, 6.07) is 0. The van der Waals surface area contributed by atoms with Gasteiger partial charge in [0.15, 0.2) is 0 Å². The van der Waals surface area contributed by atoms with E-state index in [1.807, 2.05) is 0 Å². The van der Waals surface area contributed by atoms with E-state index in [9.17, 15) is 0 Å². The molecule has 0 N–H and O–H groups in total. The Morgan fingerprint density at radius 2 is 1.89 bits per heavy atom. The van der Waals surface area contributed by atoms with Crippen molar-refractivity contribution in [1.82, 2.24) is 9.80 Å². The molecular weight excluding hydrogens is 180 g/mol. The third-order valence-electron chi connectivity index (χ3n) is 1.63. The molecule has 0 aliphatic carbocycles. The number of rotatable bonds is 0. The molecular formula is C6H11BrN2. The summed E-state index contributed by atoms with van der Waals surface area (Å²) in [6.07, 6.45) is 0. The van der Waals surface area contributed by atoms with Crippen molar-refractivity contribution in [2.24, 2.45) is 0 Å². The maximum absolute atomic E-state index is 3.47. The Bertz CT molecular complexity index is 137.